The van der Waals surface area contributed by atoms with Crippen LogP contribution in [0.2, 0.25) is 0 Å². The molecule has 116 valence electrons. The molecule has 1 aliphatic carbocycles. The lowest BCUT2D eigenvalue weighted by atomic mass is 9.86. The van der Waals surface area contributed by atoms with E-state index >= 15 is 0 Å². The lowest BCUT2D eigenvalue weighted by molar-refractivity contribution is -0.122. The van der Waals surface area contributed by atoms with Crippen molar-refractivity contribution in [2.45, 2.75) is 38.6 Å². The number of nitrogens with one attached hydrogen (secondary N) is 1. The van der Waals surface area contributed by atoms with Gasteiger partial charge in [0.2, 0.25) is 5.91 Å². The minimum absolute atomic E-state index is 0.149. The number of carbonyl (C=O) groups excluding carboxylic acids is 3. The first-order valence-electron chi connectivity index (χ1n) is 7.82. The average molecular weight is 300 g/mol. The molecular weight excluding hydrogens is 280 g/mol. The molecule has 1 heterocycles. The number of hydrogen-bond donors (Lipinski definition) is 1. The zero-order valence-electron chi connectivity index (χ0n) is 12.7. The van der Waals surface area contributed by atoms with E-state index in [1.807, 2.05) is 0 Å². The second-order valence-electron chi connectivity index (χ2n) is 6.18. The summed E-state index contributed by atoms with van der Waals surface area (Å²) in [4.78, 5) is 37.7. The van der Waals surface area contributed by atoms with Crippen LogP contribution >= 0.6 is 0 Å². The van der Waals surface area contributed by atoms with E-state index in [2.05, 4.69) is 12.2 Å². The van der Waals surface area contributed by atoms with Gasteiger partial charge < -0.3 is 5.32 Å². The second-order valence-corrected chi connectivity index (χ2v) is 6.18. The molecule has 5 nitrogen and oxygen atoms in total. The summed E-state index contributed by atoms with van der Waals surface area (Å²) in [5.41, 5.74) is 0.762. The van der Waals surface area contributed by atoms with Crippen LogP contribution in [0.1, 0.15) is 53.3 Å². The highest BCUT2D eigenvalue weighted by molar-refractivity contribution is 6.22. The monoisotopic (exact) mass is 300 g/mol. The smallest absolute Gasteiger partial charge is 0.262 e. The third kappa shape index (κ3) is 2.63. The fourth-order valence-corrected chi connectivity index (χ4v) is 3.31. The van der Waals surface area contributed by atoms with Gasteiger partial charge in [-0.05, 0) is 30.9 Å². The Balaban J connectivity index is 1.65. The summed E-state index contributed by atoms with van der Waals surface area (Å²) in [6.45, 7) is 1.93. The van der Waals surface area contributed by atoms with Crippen LogP contribution in [0, 0.1) is 5.92 Å². The summed E-state index contributed by atoms with van der Waals surface area (Å²) < 4.78 is 0. The summed E-state index contributed by atoms with van der Waals surface area (Å²) in [5, 5.41) is 2.98. The van der Waals surface area contributed by atoms with Gasteiger partial charge in [-0.3, -0.25) is 19.3 Å². The predicted octanol–water partition coefficient (Wildman–Crippen LogP) is 1.98. The first kappa shape index (κ1) is 14.8. The van der Waals surface area contributed by atoms with E-state index in [-0.39, 0.29) is 30.3 Å². The van der Waals surface area contributed by atoms with Crippen LogP contribution in [0.15, 0.2) is 24.3 Å². The largest absolute Gasteiger partial charge is 0.352 e. The van der Waals surface area contributed by atoms with Crippen LogP contribution in [0.3, 0.4) is 0 Å². The number of imide groups is 1. The number of nitrogens with zero attached hydrogens (tertiary/aromatic N) is 1. The summed E-state index contributed by atoms with van der Waals surface area (Å²) in [6, 6.07) is 6.83. The van der Waals surface area contributed by atoms with Crippen molar-refractivity contribution in [2.24, 2.45) is 5.92 Å². The first-order valence-corrected chi connectivity index (χ1v) is 7.82. The normalized spacial score (nSPS) is 24.3. The SMILES string of the molecule is CC1CCCCC1NC(=O)CN1C(=O)c2ccccc2C1=O. The minimum Gasteiger partial charge on any atom is -0.352 e. The maximum atomic E-state index is 12.2. The molecule has 1 fully saturated rings. The van der Waals surface area contributed by atoms with Crippen LogP contribution in [-0.2, 0) is 4.79 Å². The van der Waals surface area contributed by atoms with Crippen molar-refractivity contribution in [3.8, 4) is 0 Å². The van der Waals surface area contributed by atoms with Crippen molar-refractivity contribution in [2.75, 3.05) is 6.54 Å². The Labute approximate surface area is 129 Å². The van der Waals surface area contributed by atoms with Gasteiger partial charge in [-0.15, -0.1) is 0 Å². The highest BCUT2D eigenvalue weighted by Crippen LogP contribution is 2.24. The van der Waals surface area contributed by atoms with Crippen molar-refractivity contribution in [3.63, 3.8) is 0 Å². The fraction of sp³-hybridized carbons (Fsp3) is 0.471. The molecule has 0 bridgehead atoms. The molecule has 1 aromatic carbocycles. The van der Waals surface area contributed by atoms with E-state index in [0.29, 0.717) is 17.0 Å². The van der Waals surface area contributed by atoms with E-state index in [1.165, 1.54) is 6.42 Å². The average Bonchev–Trinajstić information content (AvgIpc) is 2.75. The number of benzene rings is 1. The molecule has 0 aromatic heterocycles. The lowest BCUT2D eigenvalue weighted by Gasteiger charge is -2.30. The van der Waals surface area contributed by atoms with Crippen LogP contribution in [-0.4, -0.2) is 35.2 Å². The summed E-state index contributed by atoms with van der Waals surface area (Å²) in [7, 11) is 0. The van der Waals surface area contributed by atoms with Gasteiger partial charge in [0.05, 0.1) is 11.1 Å². The number of amides is 3. The Morgan fingerprint density at radius 2 is 1.73 bits per heavy atom. The van der Waals surface area contributed by atoms with Gasteiger partial charge in [0.1, 0.15) is 6.54 Å². The van der Waals surface area contributed by atoms with Crippen LogP contribution < -0.4 is 5.32 Å². The standard InChI is InChI=1S/C17H20N2O3/c1-11-6-2-5-9-14(11)18-15(20)10-19-16(21)12-7-3-4-8-13(12)17(19)22/h3-4,7-8,11,14H,2,5-6,9-10H2,1H3,(H,18,20). The molecule has 1 saturated carbocycles. The van der Waals surface area contributed by atoms with Gasteiger partial charge in [-0.25, -0.2) is 0 Å². The molecule has 5 heteroatoms. The molecule has 0 spiro atoms. The van der Waals surface area contributed by atoms with Crippen LogP contribution in [0.25, 0.3) is 0 Å². The topological polar surface area (TPSA) is 66.5 Å². The van der Waals surface area contributed by atoms with Gasteiger partial charge in [0.15, 0.2) is 0 Å². The predicted molar refractivity (Wildman–Crippen MR) is 81.4 cm³/mol. The fourth-order valence-electron chi connectivity index (χ4n) is 3.31. The second kappa shape index (κ2) is 5.91. The van der Waals surface area contributed by atoms with Crippen molar-refractivity contribution >= 4 is 17.7 Å². The third-order valence-electron chi connectivity index (χ3n) is 4.64. The Morgan fingerprint density at radius 1 is 1.14 bits per heavy atom. The number of fused-ring (bicyclic) bond motifs is 1. The Bertz CT molecular complexity index is 591. The van der Waals surface area contributed by atoms with Crippen LogP contribution in [0.4, 0.5) is 0 Å². The van der Waals surface area contributed by atoms with E-state index in [1.54, 1.807) is 24.3 Å². The first-order chi connectivity index (χ1) is 10.6. The highest BCUT2D eigenvalue weighted by atomic mass is 16.2. The molecule has 0 radical (unpaired) electrons. The van der Waals surface area contributed by atoms with Crippen molar-refractivity contribution < 1.29 is 14.4 Å². The van der Waals surface area contributed by atoms with Crippen molar-refractivity contribution in [1.29, 1.82) is 0 Å². The molecule has 22 heavy (non-hydrogen) atoms. The Morgan fingerprint density at radius 3 is 2.32 bits per heavy atom. The molecule has 3 rings (SSSR count). The molecule has 1 aromatic rings. The molecule has 2 atom stereocenters. The van der Waals surface area contributed by atoms with E-state index in [0.717, 1.165) is 24.2 Å². The summed E-state index contributed by atoms with van der Waals surface area (Å²) in [5.74, 6) is -0.576. The zero-order chi connectivity index (χ0) is 15.7. The molecule has 2 aliphatic rings. The molecule has 1 aliphatic heterocycles. The van der Waals surface area contributed by atoms with Crippen LogP contribution in [0.5, 0.6) is 0 Å². The van der Waals surface area contributed by atoms with Crippen molar-refractivity contribution in [1.82, 2.24) is 10.2 Å². The van der Waals surface area contributed by atoms with E-state index in [4.69, 9.17) is 0 Å². The Kier molecular flexibility index (Phi) is 3.96. The van der Waals surface area contributed by atoms with Gasteiger partial charge in [-0.2, -0.15) is 0 Å². The zero-order valence-corrected chi connectivity index (χ0v) is 12.7. The molecule has 3 amide bonds. The summed E-state index contributed by atoms with van der Waals surface area (Å²) in [6.07, 6.45) is 4.39. The van der Waals surface area contributed by atoms with E-state index in [9.17, 15) is 14.4 Å². The maximum Gasteiger partial charge on any atom is 0.262 e. The van der Waals surface area contributed by atoms with Crippen molar-refractivity contribution in [3.05, 3.63) is 35.4 Å². The Hall–Kier alpha value is -2.17. The number of hydrogen-bond acceptors (Lipinski definition) is 3. The molecule has 0 saturated heterocycles. The molecular formula is C17H20N2O3. The van der Waals surface area contributed by atoms with Gasteiger partial charge in [0, 0.05) is 6.04 Å². The summed E-state index contributed by atoms with van der Waals surface area (Å²) >= 11 is 0. The molecule has 2 unspecified atom stereocenters. The highest BCUT2D eigenvalue weighted by Gasteiger charge is 2.36. The van der Waals surface area contributed by atoms with Gasteiger partial charge >= 0.3 is 0 Å². The van der Waals surface area contributed by atoms with Gasteiger partial charge in [-0.1, -0.05) is 31.9 Å². The minimum atomic E-state index is -0.382. The maximum absolute atomic E-state index is 12.2. The van der Waals surface area contributed by atoms with Gasteiger partial charge in [0.25, 0.3) is 11.8 Å². The lowest BCUT2D eigenvalue weighted by Crippen LogP contribution is -2.46. The molecule has 1 N–H and O–H groups in total. The quantitative estimate of drug-likeness (QED) is 0.868. The number of carbonyl (C=O) groups is 3. The van der Waals surface area contributed by atoms with E-state index < -0.39 is 0 Å². The number of rotatable bonds is 3. The third-order valence-corrected chi connectivity index (χ3v) is 4.64.